The average molecular weight is 272 g/mol. The van der Waals surface area contributed by atoms with Crippen molar-refractivity contribution in [1.82, 2.24) is 0 Å². The summed E-state index contributed by atoms with van der Waals surface area (Å²) in [5, 5.41) is 0. The lowest BCUT2D eigenvalue weighted by atomic mass is 10.1. The van der Waals surface area contributed by atoms with Crippen molar-refractivity contribution < 1.29 is 4.84 Å². The number of benzene rings is 1. The monoisotopic (exact) mass is 271 g/mol. The van der Waals surface area contributed by atoms with Crippen LogP contribution in [0.25, 0.3) is 0 Å². The Kier molecular flexibility index (Phi) is 3.79. The van der Waals surface area contributed by atoms with Gasteiger partial charge in [-0.25, -0.2) is 0 Å². The third-order valence-electron chi connectivity index (χ3n) is 1.91. The van der Waals surface area contributed by atoms with Crippen LogP contribution >= 0.6 is 15.9 Å². The molecule has 0 bridgehead atoms. The molecule has 0 spiro atoms. The number of hydrogen-bond donors (Lipinski definition) is 1. The highest BCUT2D eigenvalue weighted by molar-refractivity contribution is 9.10. The summed E-state index contributed by atoms with van der Waals surface area (Å²) in [4.78, 5) is 5.50. The van der Waals surface area contributed by atoms with Crippen LogP contribution in [0.5, 0.6) is 0 Å². The highest BCUT2D eigenvalue weighted by Gasteiger charge is 2.11. The van der Waals surface area contributed by atoms with Crippen molar-refractivity contribution in [2.75, 3.05) is 5.48 Å². The SMILES string of the molecule is Cc1cc(NOC(C)(C)C)cc(C)c1Br. The van der Waals surface area contributed by atoms with Gasteiger partial charge in [-0.3, -0.25) is 10.3 Å². The van der Waals surface area contributed by atoms with E-state index in [2.05, 4.69) is 47.4 Å². The second kappa shape index (κ2) is 4.54. The van der Waals surface area contributed by atoms with E-state index in [9.17, 15) is 0 Å². The molecule has 84 valence electrons. The minimum Gasteiger partial charge on any atom is -0.270 e. The molecule has 0 aromatic heterocycles. The first-order valence-electron chi connectivity index (χ1n) is 5.00. The van der Waals surface area contributed by atoms with Gasteiger partial charge in [0.05, 0.1) is 11.3 Å². The Labute approximate surface area is 100 Å². The topological polar surface area (TPSA) is 21.3 Å². The van der Waals surface area contributed by atoms with E-state index in [-0.39, 0.29) is 5.60 Å². The average Bonchev–Trinajstić information content (AvgIpc) is 2.09. The second-order valence-electron chi connectivity index (χ2n) is 4.74. The van der Waals surface area contributed by atoms with Crippen LogP contribution in [-0.2, 0) is 4.84 Å². The molecule has 0 heterocycles. The summed E-state index contributed by atoms with van der Waals surface area (Å²) >= 11 is 3.54. The van der Waals surface area contributed by atoms with E-state index in [1.54, 1.807) is 0 Å². The smallest absolute Gasteiger partial charge is 0.0876 e. The molecule has 2 nitrogen and oxygen atoms in total. The van der Waals surface area contributed by atoms with Crippen molar-refractivity contribution in [2.24, 2.45) is 0 Å². The number of halogens is 1. The molecule has 0 amide bonds. The summed E-state index contributed by atoms with van der Waals surface area (Å²) in [6.07, 6.45) is 0. The van der Waals surface area contributed by atoms with Crippen LogP contribution in [0, 0.1) is 13.8 Å². The van der Waals surface area contributed by atoms with Gasteiger partial charge in [0.25, 0.3) is 0 Å². The predicted octanol–water partition coefficient (Wildman–Crippen LogP) is 4.21. The minimum atomic E-state index is -0.186. The Morgan fingerprint density at radius 2 is 1.60 bits per heavy atom. The van der Waals surface area contributed by atoms with Crippen LogP contribution in [0.3, 0.4) is 0 Å². The van der Waals surface area contributed by atoms with Crippen LogP contribution in [0.4, 0.5) is 5.69 Å². The molecule has 0 aliphatic rings. The number of aryl methyl sites for hydroxylation is 2. The third-order valence-corrected chi connectivity index (χ3v) is 3.16. The van der Waals surface area contributed by atoms with Crippen molar-refractivity contribution in [3.8, 4) is 0 Å². The van der Waals surface area contributed by atoms with Crippen LogP contribution in [0.15, 0.2) is 16.6 Å². The first-order chi connectivity index (χ1) is 6.79. The minimum absolute atomic E-state index is 0.186. The molecule has 1 N–H and O–H groups in total. The zero-order valence-corrected chi connectivity index (χ0v) is 11.5. The van der Waals surface area contributed by atoms with Gasteiger partial charge in [0.2, 0.25) is 0 Å². The van der Waals surface area contributed by atoms with Gasteiger partial charge in [-0.1, -0.05) is 15.9 Å². The maximum atomic E-state index is 5.50. The van der Waals surface area contributed by atoms with E-state index >= 15 is 0 Å². The highest BCUT2D eigenvalue weighted by Crippen LogP contribution is 2.25. The van der Waals surface area contributed by atoms with E-state index in [4.69, 9.17) is 4.84 Å². The molecule has 0 radical (unpaired) electrons. The Morgan fingerprint density at radius 1 is 1.13 bits per heavy atom. The van der Waals surface area contributed by atoms with E-state index in [1.807, 2.05) is 20.8 Å². The second-order valence-corrected chi connectivity index (χ2v) is 5.53. The highest BCUT2D eigenvalue weighted by atomic mass is 79.9. The molecule has 0 saturated heterocycles. The predicted molar refractivity (Wildman–Crippen MR) is 68.1 cm³/mol. The van der Waals surface area contributed by atoms with E-state index in [0.29, 0.717) is 0 Å². The lowest BCUT2D eigenvalue weighted by Gasteiger charge is -2.20. The molecule has 0 aliphatic carbocycles. The maximum absolute atomic E-state index is 5.50. The molecule has 0 saturated carbocycles. The van der Waals surface area contributed by atoms with Crippen molar-refractivity contribution in [2.45, 2.75) is 40.2 Å². The summed E-state index contributed by atoms with van der Waals surface area (Å²) in [6.45, 7) is 10.2. The fourth-order valence-corrected chi connectivity index (χ4v) is 1.45. The van der Waals surface area contributed by atoms with Gasteiger partial charge >= 0.3 is 0 Å². The fourth-order valence-electron chi connectivity index (χ4n) is 1.22. The molecular formula is C12H18BrNO. The molecule has 0 atom stereocenters. The van der Waals surface area contributed by atoms with Crippen molar-refractivity contribution in [3.63, 3.8) is 0 Å². The van der Waals surface area contributed by atoms with Gasteiger partial charge in [-0.2, -0.15) is 0 Å². The number of rotatable bonds is 2. The Balaban J connectivity index is 2.80. The van der Waals surface area contributed by atoms with Crippen LogP contribution < -0.4 is 5.48 Å². The quantitative estimate of drug-likeness (QED) is 0.814. The van der Waals surface area contributed by atoms with Gasteiger partial charge in [0.15, 0.2) is 0 Å². The molecule has 0 aliphatic heterocycles. The van der Waals surface area contributed by atoms with Gasteiger partial charge in [-0.05, 0) is 57.9 Å². The molecule has 15 heavy (non-hydrogen) atoms. The van der Waals surface area contributed by atoms with Gasteiger partial charge in [0, 0.05) is 4.47 Å². The first kappa shape index (κ1) is 12.5. The lowest BCUT2D eigenvalue weighted by Crippen LogP contribution is -2.22. The van der Waals surface area contributed by atoms with E-state index in [0.717, 1.165) is 10.2 Å². The largest absolute Gasteiger partial charge is 0.270 e. The summed E-state index contributed by atoms with van der Waals surface area (Å²) < 4.78 is 1.16. The van der Waals surface area contributed by atoms with Crippen molar-refractivity contribution in [3.05, 3.63) is 27.7 Å². The summed E-state index contributed by atoms with van der Waals surface area (Å²) in [6, 6.07) is 4.12. The lowest BCUT2D eigenvalue weighted by molar-refractivity contribution is 0.0375. The Bertz CT molecular complexity index is 332. The number of nitrogens with one attached hydrogen (secondary N) is 1. The van der Waals surface area contributed by atoms with Gasteiger partial charge in [-0.15, -0.1) is 0 Å². The number of hydrogen-bond acceptors (Lipinski definition) is 2. The molecule has 1 aromatic rings. The zero-order valence-electron chi connectivity index (χ0n) is 9.94. The number of anilines is 1. The molecule has 1 aromatic carbocycles. The Morgan fingerprint density at radius 3 is 2.00 bits per heavy atom. The zero-order chi connectivity index (χ0) is 11.6. The Hall–Kier alpha value is -0.540. The van der Waals surface area contributed by atoms with Crippen LogP contribution in [0.2, 0.25) is 0 Å². The maximum Gasteiger partial charge on any atom is 0.0876 e. The van der Waals surface area contributed by atoms with Crippen LogP contribution in [0.1, 0.15) is 31.9 Å². The standard InChI is InChI=1S/C12H18BrNO/c1-8-6-10(7-9(2)11(8)13)14-15-12(3,4)5/h6-7,14H,1-5H3. The normalized spacial score (nSPS) is 11.6. The fraction of sp³-hybridized carbons (Fsp3) is 0.500. The summed E-state index contributed by atoms with van der Waals surface area (Å²) in [5.41, 5.74) is 6.18. The third kappa shape index (κ3) is 3.84. The van der Waals surface area contributed by atoms with Crippen molar-refractivity contribution in [1.29, 1.82) is 0 Å². The molecule has 3 heteroatoms. The van der Waals surface area contributed by atoms with E-state index < -0.39 is 0 Å². The van der Waals surface area contributed by atoms with Gasteiger partial charge < -0.3 is 0 Å². The molecule has 0 unspecified atom stereocenters. The van der Waals surface area contributed by atoms with Crippen molar-refractivity contribution >= 4 is 21.6 Å². The molecule has 0 fully saturated rings. The molecule has 1 rings (SSSR count). The van der Waals surface area contributed by atoms with Crippen LogP contribution in [-0.4, -0.2) is 5.60 Å². The molecular weight excluding hydrogens is 254 g/mol. The van der Waals surface area contributed by atoms with Gasteiger partial charge in [0.1, 0.15) is 0 Å². The first-order valence-corrected chi connectivity index (χ1v) is 5.79. The summed E-state index contributed by atoms with van der Waals surface area (Å²) in [7, 11) is 0. The summed E-state index contributed by atoms with van der Waals surface area (Å²) in [5.74, 6) is 0. The van der Waals surface area contributed by atoms with E-state index in [1.165, 1.54) is 11.1 Å².